The molecule has 1 aromatic carbocycles. The van der Waals surface area contributed by atoms with Crippen molar-refractivity contribution in [3.8, 4) is 11.6 Å². The van der Waals surface area contributed by atoms with Crippen molar-refractivity contribution in [2.75, 3.05) is 18.5 Å². The summed E-state index contributed by atoms with van der Waals surface area (Å²) in [5.41, 5.74) is -0.905. The highest BCUT2D eigenvalue weighted by molar-refractivity contribution is 5.91. The van der Waals surface area contributed by atoms with E-state index in [1.54, 1.807) is 12.3 Å². The highest BCUT2D eigenvalue weighted by atomic mass is 19.4. The van der Waals surface area contributed by atoms with E-state index in [0.717, 1.165) is 12.1 Å². The second kappa shape index (κ2) is 9.60. The third-order valence-electron chi connectivity index (χ3n) is 5.31. The zero-order valence-corrected chi connectivity index (χ0v) is 17.1. The number of nitrogens with one attached hydrogen (secondary N) is 2. The standard InChI is InChI=1S/C21H23F3N4O4/c22-21(23,24)13-1-6-18(31-16-10-30-11-16)17(9-13)28-20(29)27-14-2-4-15(5-3-14)32-19-7-8-25-12-26-19/h1,6-9,12,14-16H,2-5,10-11H2,(H2,27,28,29). The average molecular weight is 452 g/mol. The van der Waals surface area contributed by atoms with Crippen LogP contribution in [0, 0.1) is 0 Å². The molecule has 2 heterocycles. The Hall–Kier alpha value is -3.08. The summed E-state index contributed by atoms with van der Waals surface area (Å²) >= 11 is 0. The largest absolute Gasteiger partial charge is 0.483 e. The first-order valence-electron chi connectivity index (χ1n) is 10.3. The number of carbonyl (C=O) groups excluding carboxylic acids is 1. The van der Waals surface area contributed by atoms with Crippen molar-refractivity contribution in [2.45, 2.75) is 50.1 Å². The third-order valence-corrected chi connectivity index (χ3v) is 5.31. The zero-order valence-electron chi connectivity index (χ0n) is 17.1. The predicted molar refractivity (Wildman–Crippen MR) is 108 cm³/mol. The van der Waals surface area contributed by atoms with Crippen LogP contribution in [0.25, 0.3) is 0 Å². The number of benzene rings is 1. The van der Waals surface area contributed by atoms with Gasteiger partial charge >= 0.3 is 12.2 Å². The maximum absolute atomic E-state index is 13.1. The first-order chi connectivity index (χ1) is 15.4. The van der Waals surface area contributed by atoms with Crippen molar-refractivity contribution in [1.82, 2.24) is 15.3 Å². The summed E-state index contributed by atoms with van der Waals surface area (Å²) in [5.74, 6) is 0.673. The number of alkyl halides is 3. The number of hydrogen-bond donors (Lipinski definition) is 2. The van der Waals surface area contributed by atoms with E-state index in [1.807, 2.05) is 0 Å². The van der Waals surface area contributed by atoms with E-state index in [4.69, 9.17) is 14.2 Å². The number of anilines is 1. The van der Waals surface area contributed by atoms with Gasteiger partial charge in [0, 0.05) is 18.3 Å². The Kier molecular flexibility index (Phi) is 6.63. The molecular weight excluding hydrogens is 429 g/mol. The van der Waals surface area contributed by atoms with Crippen molar-refractivity contribution in [2.24, 2.45) is 0 Å². The molecule has 0 spiro atoms. The van der Waals surface area contributed by atoms with Gasteiger partial charge in [0.05, 0.1) is 24.5 Å². The number of hydrogen-bond acceptors (Lipinski definition) is 6. The van der Waals surface area contributed by atoms with E-state index >= 15 is 0 Å². The molecule has 2 aromatic rings. The Morgan fingerprint density at radius 2 is 1.84 bits per heavy atom. The Bertz CT molecular complexity index is 917. The molecule has 0 bridgehead atoms. The van der Waals surface area contributed by atoms with Gasteiger partial charge in [-0.1, -0.05) is 0 Å². The maximum Gasteiger partial charge on any atom is 0.416 e. The molecule has 2 amide bonds. The van der Waals surface area contributed by atoms with Gasteiger partial charge in [0.15, 0.2) is 0 Å². The van der Waals surface area contributed by atoms with Crippen molar-refractivity contribution in [1.29, 1.82) is 0 Å². The predicted octanol–water partition coefficient (Wildman–Crippen LogP) is 3.78. The lowest BCUT2D eigenvalue weighted by molar-refractivity contribution is -0.137. The molecule has 1 saturated heterocycles. The molecule has 2 fully saturated rings. The zero-order chi connectivity index (χ0) is 22.6. The van der Waals surface area contributed by atoms with E-state index in [0.29, 0.717) is 44.8 Å². The highest BCUT2D eigenvalue weighted by Crippen LogP contribution is 2.36. The fourth-order valence-corrected chi connectivity index (χ4v) is 3.56. The summed E-state index contributed by atoms with van der Waals surface area (Å²) < 4.78 is 55.9. The molecule has 0 atom stereocenters. The van der Waals surface area contributed by atoms with Gasteiger partial charge in [-0.25, -0.2) is 14.8 Å². The molecule has 172 valence electrons. The lowest BCUT2D eigenvalue weighted by atomic mass is 9.93. The third kappa shape index (κ3) is 5.78. The van der Waals surface area contributed by atoms with Gasteiger partial charge in [0.2, 0.25) is 5.88 Å². The minimum Gasteiger partial charge on any atom is -0.483 e. The van der Waals surface area contributed by atoms with Crippen LogP contribution in [0.3, 0.4) is 0 Å². The smallest absolute Gasteiger partial charge is 0.416 e. The number of aromatic nitrogens is 2. The summed E-state index contributed by atoms with van der Waals surface area (Å²) in [4.78, 5) is 20.4. The molecule has 11 heteroatoms. The lowest BCUT2D eigenvalue weighted by Gasteiger charge is -2.30. The van der Waals surface area contributed by atoms with Crippen LogP contribution in [0.2, 0.25) is 0 Å². The van der Waals surface area contributed by atoms with Crippen molar-refractivity contribution in [3.05, 3.63) is 42.4 Å². The van der Waals surface area contributed by atoms with Gasteiger partial charge in [0.25, 0.3) is 0 Å². The van der Waals surface area contributed by atoms with Crippen LogP contribution in [0.15, 0.2) is 36.8 Å². The molecule has 0 radical (unpaired) electrons. The van der Waals surface area contributed by atoms with Crippen LogP contribution < -0.4 is 20.1 Å². The van der Waals surface area contributed by atoms with Crippen molar-refractivity contribution >= 4 is 11.7 Å². The number of carbonyl (C=O) groups is 1. The van der Waals surface area contributed by atoms with E-state index in [-0.39, 0.29) is 29.7 Å². The number of halogens is 3. The molecule has 2 aliphatic rings. The number of amides is 2. The summed E-state index contributed by atoms with van der Waals surface area (Å²) in [7, 11) is 0. The summed E-state index contributed by atoms with van der Waals surface area (Å²) in [5, 5.41) is 5.34. The number of nitrogens with zero attached hydrogens (tertiary/aromatic N) is 2. The monoisotopic (exact) mass is 452 g/mol. The number of urea groups is 1. The van der Waals surface area contributed by atoms with E-state index in [1.165, 1.54) is 12.4 Å². The van der Waals surface area contributed by atoms with Crippen LogP contribution >= 0.6 is 0 Å². The second-order valence-electron chi connectivity index (χ2n) is 7.72. The lowest BCUT2D eigenvalue weighted by Crippen LogP contribution is -2.42. The molecule has 1 aromatic heterocycles. The highest BCUT2D eigenvalue weighted by Gasteiger charge is 2.32. The summed E-state index contributed by atoms with van der Waals surface area (Å²) in [6.07, 6.45) is 0.999. The molecule has 8 nitrogen and oxygen atoms in total. The van der Waals surface area contributed by atoms with Crippen molar-refractivity contribution in [3.63, 3.8) is 0 Å². The fourth-order valence-electron chi connectivity index (χ4n) is 3.56. The second-order valence-corrected chi connectivity index (χ2v) is 7.72. The molecule has 1 aliphatic heterocycles. The van der Waals surface area contributed by atoms with Crippen LogP contribution in [-0.4, -0.2) is 47.5 Å². The molecule has 1 aliphatic carbocycles. The first-order valence-corrected chi connectivity index (χ1v) is 10.3. The molecule has 0 unspecified atom stereocenters. The maximum atomic E-state index is 13.1. The molecule has 2 N–H and O–H groups in total. The van der Waals surface area contributed by atoms with Gasteiger partial charge in [-0.05, 0) is 43.9 Å². The summed E-state index contributed by atoms with van der Waals surface area (Å²) in [6.45, 7) is 0.708. The quantitative estimate of drug-likeness (QED) is 0.693. The first kappa shape index (κ1) is 22.1. The van der Waals surface area contributed by atoms with Gasteiger partial charge in [0.1, 0.15) is 24.3 Å². The van der Waals surface area contributed by atoms with Crippen molar-refractivity contribution < 1.29 is 32.2 Å². The van der Waals surface area contributed by atoms with Crippen LogP contribution in [-0.2, 0) is 10.9 Å². The van der Waals surface area contributed by atoms with Gasteiger partial charge < -0.3 is 24.8 Å². The van der Waals surface area contributed by atoms with Crippen LogP contribution in [0.4, 0.5) is 23.7 Å². The minimum absolute atomic E-state index is 0.0147. The van der Waals surface area contributed by atoms with Crippen LogP contribution in [0.5, 0.6) is 11.6 Å². The Morgan fingerprint density at radius 3 is 2.47 bits per heavy atom. The van der Waals surface area contributed by atoms with E-state index in [2.05, 4.69) is 20.6 Å². The topological polar surface area (TPSA) is 94.6 Å². The SMILES string of the molecule is O=C(Nc1cc(C(F)(F)F)ccc1OC1COC1)NC1CCC(Oc2ccncn2)CC1. The normalized spacial score (nSPS) is 21.3. The average Bonchev–Trinajstić information content (AvgIpc) is 2.73. The Morgan fingerprint density at radius 1 is 1.06 bits per heavy atom. The molecule has 32 heavy (non-hydrogen) atoms. The number of rotatable bonds is 6. The van der Waals surface area contributed by atoms with Gasteiger partial charge in [-0.15, -0.1) is 0 Å². The molecule has 4 rings (SSSR count). The molecule has 1 saturated carbocycles. The van der Waals surface area contributed by atoms with Gasteiger partial charge in [-0.2, -0.15) is 13.2 Å². The Labute approximate surface area is 182 Å². The fraction of sp³-hybridized carbons (Fsp3) is 0.476. The molecular formula is C21H23F3N4O4. The van der Waals surface area contributed by atoms with E-state index < -0.39 is 17.8 Å². The summed E-state index contributed by atoms with van der Waals surface area (Å²) in [6, 6.07) is 4.00. The Balaban J connectivity index is 1.33. The minimum atomic E-state index is -4.53. The van der Waals surface area contributed by atoms with E-state index in [9.17, 15) is 18.0 Å². The van der Waals surface area contributed by atoms with Crippen LogP contribution in [0.1, 0.15) is 31.2 Å². The number of ether oxygens (including phenoxy) is 3. The van der Waals surface area contributed by atoms with Gasteiger partial charge in [-0.3, -0.25) is 0 Å².